The quantitative estimate of drug-likeness (QED) is 0.813. The second kappa shape index (κ2) is 7.28. The first-order valence-corrected chi connectivity index (χ1v) is 7.92. The first kappa shape index (κ1) is 14.2. The van der Waals surface area contributed by atoms with Crippen molar-refractivity contribution < 1.29 is 4.74 Å². The highest BCUT2D eigenvalue weighted by Crippen LogP contribution is 2.22. The fraction of sp³-hybridized carbons (Fsp3) is 0.368. The van der Waals surface area contributed by atoms with E-state index in [4.69, 9.17) is 4.74 Å². The predicted octanol–water partition coefficient (Wildman–Crippen LogP) is 4.22. The van der Waals surface area contributed by atoms with E-state index < -0.39 is 0 Å². The molecule has 0 bridgehead atoms. The Morgan fingerprint density at radius 1 is 0.762 bits per heavy atom. The first-order valence-electron chi connectivity index (χ1n) is 7.92. The molecule has 0 aliphatic carbocycles. The van der Waals surface area contributed by atoms with Crippen molar-refractivity contribution in [3.05, 3.63) is 54.6 Å². The van der Waals surface area contributed by atoms with Crippen molar-refractivity contribution in [2.45, 2.75) is 19.3 Å². The third-order valence-corrected chi connectivity index (χ3v) is 4.09. The standard InChI is InChI=1S/C19H23NO/c1-3-7-17(8-4-1)18-9-11-19(12-10-18)21-16-15-20-13-5-2-6-14-20/h1,3-4,7-12H,2,5-6,13-16H2. The summed E-state index contributed by atoms with van der Waals surface area (Å²) in [5.74, 6) is 0.965. The van der Waals surface area contributed by atoms with E-state index in [0.29, 0.717) is 0 Å². The number of hydrogen-bond acceptors (Lipinski definition) is 2. The highest BCUT2D eigenvalue weighted by molar-refractivity contribution is 5.63. The molecule has 1 heterocycles. The van der Waals surface area contributed by atoms with Gasteiger partial charge in [-0.25, -0.2) is 0 Å². The van der Waals surface area contributed by atoms with Crippen LogP contribution >= 0.6 is 0 Å². The van der Waals surface area contributed by atoms with E-state index in [-0.39, 0.29) is 0 Å². The number of rotatable bonds is 5. The molecule has 1 fully saturated rings. The first-order chi connectivity index (χ1) is 10.4. The molecular weight excluding hydrogens is 258 g/mol. The summed E-state index contributed by atoms with van der Waals surface area (Å²) in [7, 11) is 0. The lowest BCUT2D eigenvalue weighted by Gasteiger charge is -2.26. The highest BCUT2D eigenvalue weighted by Gasteiger charge is 2.09. The molecule has 2 aromatic carbocycles. The van der Waals surface area contributed by atoms with Crippen LogP contribution in [0.2, 0.25) is 0 Å². The molecule has 2 aromatic rings. The zero-order valence-corrected chi connectivity index (χ0v) is 12.5. The van der Waals surface area contributed by atoms with Gasteiger partial charge >= 0.3 is 0 Å². The fourth-order valence-corrected chi connectivity index (χ4v) is 2.85. The molecule has 0 aromatic heterocycles. The van der Waals surface area contributed by atoms with E-state index in [1.54, 1.807) is 0 Å². The molecule has 0 unspecified atom stereocenters. The van der Waals surface area contributed by atoms with Crippen molar-refractivity contribution >= 4 is 0 Å². The molecular formula is C19H23NO. The van der Waals surface area contributed by atoms with Crippen LogP contribution in [0.1, 0.15) is 19.3 Å². The van der Waals surface area contributed by atoms with Crippen LogP contribution in [0, 0.1) is 0 Å². The number of ether oxygens (including phenoxy) is 1. The summed E-state index contributed by atoms with van der Waals surface area (Å²) in [4.78, 5) is 2.50. The number of nitrogens with zero attached hydrogens (tertiary/aromatic N) is 1. The molecule has 0 atom stereocenters. The zero-order chi connectivity index (χ0) is 14.3. The van der Waals surface area contributed by atoms with Gasteiger partial charge in [0.1, 0.15) is 12.4 Å². The Labute approximate surface area is 127 Å². The minimum Gasteiger partial charge on any atom is -0.492 e. The second-order valence-corrected chi connectivity index (χ2v) is 5.64. The lowest BCUT2D eigenvalue weighted by atomic mass is 10.1. The Hall–Kier alpha value is -1.80. The Balaban J connectivity index is 1.50. The molecule has 0 saturated carbocycles. The molecule has 1 saturated heterocycles. The van der Waals surface area contributed by atoms with Crippen molar-refractivity contribution in [3.63, 3.8) is 0 Å². The van der Waals surface area contributed by atoms with Crippen LogP contribution in [-0.4, -0.2) is 31.1 Å². The van der Waals surface area contributed by atoms with E-state index in [1.807, 2.05) is 6.07 Å². The Morgan fingerprint density at radius 3 is 2.14 bits per heavy atom. The van der Waals surface area contributed by atoms with Crippen molar-refractivity contribution in [3.8, 4) is 16.9 Å². The molecule has 1 aliphatic heterocycles. The van der Waals surface area contributed by atoms with Gasteiger partial charge in [-0.05, 0) is 49.2 Å². The van der Waals surface area contributed by atoms with E-state index in [9.17, 15) is 0 Å². The predicted molar refractivity (Wildman–Crippen MR) is 87.7 cm³/mol. The molecule has 2 nitrogen and oxygen atoms in total. The van der Waals surface area contributed by atoms with Gasteiger partial charge in [-0.2, -0.15) is 0 Å². The van der Waals surface area contributed by atoms with Crippen LogP contribution in [0.3, 0.4) is 0 Å². The molecule has 0 N–H and O–H groups in total. The van der Waals surface area contributed by atoms with Gasteiger partial charge in [0.2, 0.25) is 0 Å². The lowest BCUT2D eigenvalue weighted by Crippen LogP contribution is -2.33. The topological polar surface area (TPSA) is 12.5 Å². The highest BCUT2D eigenvalue weighted by atomic mass is 16.5. The van der Waals surface area contributed by atoms with Gasteiger partial charge in [0.15, 0.2) is 0 Å². The Kier molecular flexibility index (Phi) is 4.90. The lowest BCUT2D eigenvalue weighted by molar-refractivity contribution is 0.183. The number of hydrogen-bond donors (Lipinski definition) is 0. The summed E-state index contributed by atoms with van der Waals surface area (Å²) >= 11 is 0. The maximum atomic E-state index is 5.86. The fourth-order valence-electron chi connectivity index (χ4n) is 2.85. The number of likely N-dealkylation sites (tertiary alicyclic amines) is 1. The molecule has 3 rings (SSSR count). The summed E-state index contributed by atoms with van der Waals surface area (Å²) in [5, 5.41) is 0. The minimum atomic E-state index is 0.782. The van der Waals surface area contributed by atoms with Gasteiger partial charge in [-0.15, -0.1) is 0 Å². The van der Waals surface area contributed by atoms with Crippen LogP contribution in [0.25, 0.3) is 11.1 Å². The van der Waals surface area contributed by atoms with E-state index in [1.165, 1.54) is 43.5 Å². The van der Waals surface area contributed by atoms with Gasteiger partial charge in [0.25, 0.3) is 0 Å². The number of benzene rings is 2. The van der Waals surface area contributed by atoms with Gasteiger partial charge in [-0.1, -0.05) is 48.9 Å². The Bertz CT molecular complexity index is 529. The third kappa shape index (κ3) is 4.08. The van der Waals surface area contributed by atoms with Crippen LogP contribution in [0.15, 0.2) is 54.6 Å². The summed E-state index contributed by atoms with van der Waals surface area (Å²) < 4.78 is 5.86. The third-order valence-electron chi connectivity index (χ3n) is 4.09. The monoisotopic (exact) mass is 281 g/mol. The SMILES string of the molecule is c1ccc(-c2ccc(OCCN3CCCCC3)cc2)cc1. The number of piperidine rings is 1. The smallest absolute Gasteiger partial charge is 0.119 e. The summed E-state index contributed by atoms with van der Waals surface area (Å²) in [6.45, 7) is 4.29. The molecule has 0 radical (unpaired) electrons. The average Bonchev–Trinajstić information content (AvgIpc) is 2.57. The van der Waals surface area contributed by atoms with Crippen molar-refractivity contribution in [2.24, 2.45) is 0 Å². The van der Waals surface area contributed by atoms with E-state index in [0.717, 1.165) is 18.9 Å². The summed E-state index contributed by atoms with van der Waals surface area (Å²) in [6, 6.07) is 18.8. The maximum absolute atomic E-state index is 5.86. The van der Waals surface area contributed by atoms with Crippen LogP contribution in [-0.2, 0) is 0 Å². The van der Waals surface area contributed by atoms with Crippen LogP contribution in [0.4, 0.5) is 0 Å². The van der Waals surface area contributed by atoms with Gasteiger partial charge < -0.3 is 4.74 Å². The van der Waals surface area contributed by atoms with Gasteiger partial charge in [0.05, 0.1) is 0 Å². The molecule has 2 heteroatoms. The normalized spacial score (nSPS) is 15.8. The average molecular weight is 281 g/mol. The summed E-state index contributed by atoms with van der Waals surface area (Å²) in [5.41, 5.74) is 2.48. The zero-order valence-electron chi connectivity index (χ0n) is 12.5. The molecule has 0 spiro atoms. The maximum Gasteiger partial charge on any atom is 0.119 e. The van der Waals surface area contributed by atoms with Crippen molar-refractivity contribution in [1.29, 1.82) is 0 Å². The van der Waals surface area contributed by atoms with Crippen molar-refractivity contribution in [2.75, 3.05) is 26.2 Å². The Morgan fingerprint density at radius 2 is 1.43 bits per heavy atom. The van der Waals surface area contributed by atoms with Gasteiger partial charge in [-0.3, -0.25) is 4.90 Å². The molecule has 1 aliphatic rings. The van der Waals surface area contributed by atoms with E-state index >= 15 is 0 Å². The molecule has 0 amide bonds. The van der Waals surface area contributed by atoms with Crippen molar-refractivity contribution in [1.82, 2.24) is 4.90 Å². The summed E-state index contributed by atoms with van der Waals surface area (Å²) in [6.07, 6.45) is 4.07. The van der Waals surface area contributed by atoms with E-state index in [2.05, 4.69) is 53.4 Å². The molecule has 110 valence electrons. The second-order valence-electron chi connectivity index (χ2n) is 5.64. The van der Waals surface area contributed by atoms with Crippen LogP contribution < -0.4 is 4.74 Å². The largest absolute Gasteiger partial charge is 0.492 e. The van der Waals surface area contributed by atoms with Gasteiger partial charge in [0, 0.05) is 6.54 Å². The minimum absolute atomic E-state index is 0.782. The molecule has 21 heavy (non-hydrogen) atoms. The van der Waals surface area contributed by atoms with Crippen LogP contribution in [0.5, 0.6) is 5.75 Å².